The molecular weight excluding hydrogens is 236 g/mol. The maximum Gasteiger partial charge on any atom is 0.0873 e. The summed E-state index contributed by atoms with van der Waals surface area (Å²) in [7, 11) is 1.67. The fourth-order valence-corrected chi connectivity index (χ4v) is 2.78. The van der Waals surface area contributed by atoms with Gasteiger partial charge in [0.15, 0.2) is 0 Å². The van der Waals surface area contributed by atoms with Gasteiger partial charge < -0.3 is 9.84 Å². The van der Waals surface area contributed by atoms with Gasteiger partial charge in [0.2, 0.25) is 0 Å². The summed E-state index contributed by atoms with van der Waals surface area (Å²) in [4.78, 5) is 0. The van der Waals surface area contributed by atoms with Crippen molar-refractivity contribution in [3.05, 3.63) is 59.7 Å². The molecule has 19 heavy (non-hydrogen) atoms. The Hall–Kier alpha value is -1.64. The van der Waals surface area contributed by atoms with Crippen molar-refractivity contribution in [2.75, 3.05) is 7.11 Å². The molecule has 2 heteroatoms. The van der Waals surface area contributed by atoms with Gasteiger partial charge in [-0.15, -0.1) is 0 Å². The maximum absolute atomic E-state index is 9.98. The first kappa shape index (κ1) is 12.4. The fraction of sp³-hybridized carbons (Fsp3) is 0.294. The van der Waals surface area contributed by atoms with Crippen molar-refractivity contribution >= 4 is 0 Å². The van der Waals surface area contributed by atoms with Crippen LogP contribution in [0.25, 0.3) is 11.1 Å². The van der Waals surface area contributed by atoms with E-state index in [0.717, 1.165) is 6.42 Å². The van der Waals surface area contributed by atoms with Crippen molar-refractivity contribution in [2.24, 2.45) is 0 Å². The van der Waals surface area contributed by atoms with Crippen LogP contribution in [0.4, 0.5) is 0 Å². The largest absolute Gasteiger partial charge is 0.390 e. The van der Waals surface area contributed by atoms with Crippen LogP contribution in [-0.2, 0) is 17.6 Å². The van der Waals surface area contributed by atoms with Gasteiger partial charge in [-0.1, -0.05) is 48.5 Å². The van der Waals surface area contributed by atoms with Crippen molar-refractivity contribution in [3.63, 3.8) is 0 Å². The second-order valence-corrected chi connectivity index (χ2v) is 5.10. The standard InChI is InChI=1S/C17H18O2/c1-19-17-11-15-9-13(12-5-3-2-4-6-12)7-8-14(15)10-16(17)18/h2-9,16-18H,10-11H2,1H3. The lowest BCUT2D eigenvalue weighted by Gasteiger charge is -2.29. The number of rotatable bonds is 2. The second-order valence-electron chi connectivity index (χ2n) is 5.10. The van der Waals surface area contributed by atoms with Crippen molar-refractivity contribution in [1.82, 2.24) is 0 Å². The molecule has 0 aromatic heterocycles. The summed E-state index contributed by atoms with van der Waals surface area (Å²) in [5.74, 6) is 0. The molecule has 0 saturated heterocycles. The molecule has 1 aliphatic carbocycles. The summed E-state index contributed by atoms with van der Waals surface area (Å²) >= 11 is 0. The van der Waals surface area contributed by atoms with Crippen LogP contribution in [0.15, 0.2) is 48.5 Å². The average Bonchev–Trinajstić information content (AvgIpc) is 2.47. The fourth-order valence-electron chi connectivity index (χ4n) is 2.78. The van der Waals surface area contributed by atoms with Crippen molar-refractivity contribution in [1.29, 1.82) is 0 Å². The number of hydrogen-bond acceptors (Lipinski definition) is 2. The Labute approximate surface area is 113 Å². The zero-order valence-corrected chi connectivity index (χ0v) is 11.0. The molecule has 2 nitrogen and oxygen atoms in total. The molecule has 0 bridgehead atoms. The Morgan fingerprint density at radius 3 is 2.47 bits per heavy atom. The summed E-state index contributed by atoms with van der Waals surface area (Å²) in [5, 5.41) is 9.98. The molecule has 0 radical (unpaired) electrons. The highest BCUT2D eigenvalue weighted by Crippen LogP contribution is 2.28. The smallest absolute Gasteiger partial charge is 0.0873 e. The average molecular weight is 254 g/mol. The van der Waals surface area contributed by atoms with Crippen molar-refractivity contribution in [2.45, 2.75) is 25.0 Å². The topological polar surface area (TPSA) is 29.5 Å². The van der Waals surface area contributed by atoms with Gasteiger partial charge in [-0.3, -0.25) is 0 Å². The maximum atomic E-state index is 9.98. The van der Waals surface area contributed by atoms with Gasteiger partial charge in [-0.25, -0.2) is 0 Å². The molecule has 2 atom stereocenters. The summed E-state index contributed by atoms with van der Waals surface area (Å²) < 4.78 is 5.36. The highest BCUT2D eigenvalue weighted by Gasteiger charge is 2.26. The Morgan fingerprint density at radius 2 is 1.74 bits per heavy atom. The second kappa shape index (κ2) is 5.16. The van der Waals surface area contributed by atoms with Gasteiger partial charge in [0.05, 0.1) is 12.2 Å². The quantitative estimate of drug-likeness (QED) is 0.893. The van der Waals surface area contributed by atoms with E-state index in [-0.39, 0.29) is 12.2 Å². The lowest BCUT2D eigenvalue weighted by atomic mass is 9.86. The molecule has 0 spiro atoms. The molecule has 0 amide bonds. The number of methoxy groups -OCH3 is 1. The van der Waals surface area contributed by atoms with Crippen LogP contribution < -0.4 is 0 Å². The van der Waals surface area contributed by atoms with Gasteiger partial charge in [0.25, 0.3) is 0 Å². The Balaban J connectivity index is 1.96. The van der Waals surface area contributed by atoms with E-state index in [0.29, 0.717) is 6.42 Å². The first-order valence-corrected chi connectivity index (χ1v) is 6.66. The predicted octanol–water partition coefficient (Wildman–Crippen LogP) is 2.83. The minimum atomic E-state index is -0.389. The molecule has 2 aromatic rings. The number of hydrogen-bond donors (Lipinski definition) is 1. The molecular formula is C17H18O2. The van der Waals surface area contributed by atoms with Crippen LogP contribution >= 0.6 is 0 Å². The Morgan fingerprint density at radius 1 is 0.947 bits per heavy atom. The normalized spacial score (nSPS) is 22.0. The van der Waals surface area contributed by atoms with Crippen LogP contribution in [0.3, 0.4) is 0 Å². The zero-order chi connectivity index (χ0) is 13.2. The number of fused-ring (bicyclic) bond motifs is 1. The van der Waals surface area contributed by atoms with E-state index >= 15 is 0 Å². The van der Waals surface area contributed by atoms with E-state index in [1.54, 1.807) is 7.11 Å². The Bertz CT molecular complexity index is 563. The minimum Gasteiger partial charge on any atom is -0.390 e. The summed E-state index contributed by atoms with van der Waals surface area (Å²) in [6.07, 6.45) is 0.995. The van der Waals surface area contributed by atoms with Crippen LogP contribution in [0.5, 0.6) is 0 Å². The van der Waals surface area contributed by atoms with Crippen molar-refractivity contribution in [3.8, 4) is 11.1 Å². The van der Waals surface area contributed by atoms with E-state index in [9.17, 15) is 5.11 Å². The number of aliphatic hydroxyl groups excluding tert-OH is 1. The van der Waals surface area contributed by atoms with Crippen LogP contribution in [0.2, 0.25) is 0 Å². The van der Waals surface area contributed by atoms with Crippen molar-refractivity contribution < 1.29 is 9.84 Å². The third-order valence-corrected chi connectivity index (χ3v) is 3.90. The van der Waals surface area contributed by atoms with E-state index in [2.05, 4.69) is 42.5 Å². The van der Waals surface area contributed by atoms with Crippen LogP contribution in [0, 0.1) is 0 Å². The predicted molar refractivity (Wildman–Crippen MR) is 76.1 cm³/mol. The molecule has 0 heterocycles. The highest BCUT2D eigenvalue weighted by atomic mass is 16.5. The molecule has 0 fully saturated rings. The van der Waals surface area contributed by atoms with Gasteiger partial charge in [0.1, 0.15) is 0 Å². The zero-order valence-electron chi connectivity index (χ0n) is 11.0. The van der Waals surface area contributed by atoms with Crippen LogP contribution in [0.1, 0.15) is 11.1 Å². The first-order chi connectivity index (χ1) is 9.28. The van der Waals surface area contributed by atoms with Gasteiger partial charge >= 0.3 is 0 Å². The molecule has 0 saturated carbocycles. The summed E-state index contributed by atoms with van der Waals surface area (Å²) in [5.41, 5.74) is 4.98. The number of ether oxygens (including phenoxy) is 1. The lowest BCUT2D eigenvalue weighted by Crippen LogP contribution is -2.36. The van der Waals surface area contributed by atoms with Crippen LogP contribution in [-0.4, -0.2) is 24.4 Å². The summed E-state index contributed by atoms with van der Waals surface area (Å²) in [6.45, 7) is 0. The SMILES string of the molecule is COC1Cc2cc(-c3ccccc3)ccc2CC1O. The van der Waals surface area contributed by atoms with E-state index in [4.69, 9.17) is 4.74 Å². The molecule has 3 rings (SSSR count). The van der Waals surface area contributed by atoms with Gasteiger partial charge in [0, 0.05) is 20.0 Å². The molecule has 0 aliphatic heterocycles. The summed E-state index contributed by atoms with van der Waals surface area (Å²) in [6, 6.07) is 16.9. The van der Waals surface area contributed by atoms with E-state index in [1.165, 1.54) is 22.3 Å². The Kier molecular flexibility index (Phi) is 3.36. The molecule has 2 unspecified atom stereocenters. The third kappa shape index (κ3) is 2.42. The van der Waals surface area contributed by atoms with Gasteiger partial charge in [-0.05, 0) is 22.3 Å². The van der Waals surface area contributed by atoms with E-state index in [1.807, 2.05) is 6.07 Å². The third-order valence-electron chi connectivity index (χ3n) is 3.90. The molecule has 1 N–H and O–H groups in total. The molecule has 98 valence electrons. The number of benzene rings is 2. The minimum absolute atomic E-state index is 0.0847. The first-order valence-electron chi connectivity index (χ1n) is 6.66. The van der Waals surface area contributed by atoms with Gasteiger partial charge in [-0.2, -0.15) is 0 Å². The van der Waals surface area contributed by atoms with E-state index < -0.39 is 0 Å². The molecule has 1 aliphatic rings. The molecule has 2 aromatic carbocycles. The monoisotopic (exact) mass is 254 g/mol. The highest BCUT2D eigenvalue weighted by molar-refractivity contribution is 5.65. The number of aliphatic hydroxyl groups is 1. The lowest BCUT2D eigenvalue weighted by molar-refractivity contribution is -0.0161.